The molecule has 0 spiro atoms. The fourth-order valence-corrected chi connectivity index (χ4v) is 2.84. The molecule has 1 atom stereocenters. The Bertz CT molecular complexity index is 763. The molecule has 1 unspecified atom stereocenters. The van der Waals surface area contributed by atoms with Crippen LogP contribution in [0.1, 0.15) is 54.0 Å². The van der Waals surface area contributed by atoms with Crippen LogP contribution in [0, 0.1) is 5.92 Å². The molecule has 148 valence electrons. The first-order valence-electron chi connectivity index (χ1n) is 9.07. The Morgan fingerprint density at radius 2 is 1.81 bits per heavy atom. The number of nitrogens with one attached hydrogen (secondary N) is 3. The molecule has 0 bridgehead atoms. The molecule has 1 aromatic carbocycles. The summed E-state index contributed by atoms with van der Waals surface area (Å²) in [6, 6.07) is 4.53. The molecular weight excluding hydrogens is 346 g/mol. The van der Waals surface area contributed by atoms with Crippen LogP contribution in [-0.2, 0) is 19.7 Å². The van der Waals surface area contributed by atoms with Crippen molar-refractivity contribution < 1.29 is 19.1 Å². The highest BCUT2D eigenvalue weighted by Gasteiger charge is 2.38. The van der Waals surface area contributed by atoms with E-state index in [2.05, 4.69) is 16.0 Å². The Morgan fingerprint density at radius 3 is 2.37 bits per heavy atom. The molecule has 2 rings (SSSR count). The summed E-state index contributed by atoms with van der Waals surface area (Å²) >= 11 is 0. The molecule has 7 nitrogen and oxygen atoms in total. The minimum Gasteiger partial charge on any atom is -0.444 e. The van der Waals surface area contributed by atoms with Crippen molar-refractivity contribution in [1.82, 2.24) is 5.32 Å². The Morgan fingerprint density at radius 1 is 1.19 bits per heavy atom. The lowest BCUT2D eigenvalue weighted by atomic mass is 9.86. The Hall–Kier alpha value is -2.57. The van der Waals surface area contributed by atoms with Crippen LogP contribution in [0.15, 0.2) is 18.2 Å². The maximum atomic E-state index is 12.7. The van der Waals surface area contributed by atoms with Gasteiger partial charge in [0, 0.05) is 11.4 Å². The molecule has 3 N–H and O–H groups in total. The fourth-order valence-electron chi connectivity index (χ4n) is 2.84. The third kappa shape index (κ3) is 4.78. The summed E-state index contributed by atoms with van der Waals surface area (Å²) in [5.74, 6) is -0.551. The topological polar surface area (TPSA) is 96.5 Å². The van der Waals surface area contributed by atoms with Crippen LogP contribution >= 0.6 is 0 Å². The summed E-state index contributed by atoms with van der Waals surface area (Å²) in [7, 11) is 0. The number of rotatable bonds is 4. The highest BCUT2D eigenvalue weighted by Crippen LogP contribution is 2.38. The largest absolute Gasteiger partial charge is 0.444 e. The number of anilines is 2. The lowest BCUT2D eigenvalue weighted by Gasteiger charge is -2.25. The van der Waals surface area contributed by atoms with Gasteiger partial charge in [0.1, 0.15) is 11.6 Å². The minimum absolute atomic E-state index is 0.0763. The van der Waals surface area contributed by atoms with Gasteiger partial charge in [0.25, 0.3) is 0 Å². The van der Waals surface area contributed by atoms with Crippen molar-refractivity contribution in [1.29, 1.82) is 0 Å². The maximum absolute atomic E-state index is 12.7. The summed E-state index contributed by atoms with van der Waals surface area (Å²) in [5, 5.41) is 8.29. The molecule has 3 amide bonds. The van der Waals surface area contributed by atoms with E-state index in [1.165, 1.54) is 0 Å². The third-order valence-corrected chi connectivity index (χ3v) is 4.40. The van der Waals surface area contributed by atoms with Crippen LogP contribution in [0.3, 0.4) is 0 Å². The molecule has 0 fully saturated rings. The molecule has 0 radical (unpaired) electrons. The number of alkyl carbamates (subject to hydrolysis) is 1. The first-order valence-corrected chi connectivity index (χ1v) is 9.07. The van der Waals surface area contributed by atoms with Crippen molar-refractivity contribution in [3.63, 3.8) is 0 Å². The molecule has 1 aliphatic rings. The number of hydrogen-bond donors (Lipinski definition) is 3. The second kappa shape index (κ2) is 7.21. The van der Waals surface area contributed by atoms with E-state index >= 15 is 0 Å². The van der Waals surface area contributed by atoms with E-state index in [1.54, 1.807) is 39.0 Å². The Labute approximate surface area is 160 Å². The Kier molecular flexibility index (Phi) is 5.54. The molecule has 0 saturated heterocycles. The Balaban J connectivity index is 2.14. The number of carbonyl (C=O) groups excluding carboxylic acids is 3. The third-order valence-electron chi connectivity index (χ3n) is 4.40. The van der Waals surface area contributed by atoms with Crippen molar-refractivity contribution in [2.45, 2.75) is 65.5 Å². The van der Waals surface area contributed by atoms with E-state index in [0.717, 1.165) is 11.3 Å². The standard InChI is InChI=1S/C20H29N3O4/c1-11(2)15(23-18(26)27-19(3,4)5)16(24)21-12-8-9-14-13(10-12)20(6,7)17(25)22-14/h8-11,15H,1-7H3,(H,21,24)(H,22,25)(H,23,26). The second-order valence-electron chi connectivity index (χ2n) is 8.70. The van der Waals surface area contributed by atoms with E-state index in [9.17, 15) is 14.4 Å². The second-order valence-corrected chi connectivity index (χ2v) is 8.70. The highest BCUT2D eigenvalue weighted by molar-refractivity contribution is 6.06. The van der Waals surface area contributed by atoms with E-state index in [1.807, 2.05) is 27.7 Å². The number of hydrogen-bond acceptors (Lipinski definition) is 4. The van der Waals surface area contributed by atoms with E-state index in [-0.39, 0.29) is 17.7 Å². The van der Waals surface area contributed by atoms with Crippen molar-refractivity contribution in [2.75, 3.05) is 10.6 Å². The molecule has 7 heteroatoms. The van der Waals surface area contributed by atoms with Gasteiger partial charge in [-0.25, -0.2) is 4.79 Å². The summed E-state index contributed by atoms with van der Waals surface area (Å²) < 4.78 is 5.24. The van der Waals surface area contributed by atoms with E-state index in [4.69, 9.17) is 4.74 Å². The predicted molar refractivity (Wildman–Crippen MR) is 105 cm³/mol. The molecular formula is C20H29N3O4. The van der Waals surface area contributed by atoms with E-state index < -0.39 is 23.2 Å². The molecule has 0 saturated carbocycles. The average Bonchev–Trinajstić information content (AvgIpc) is 2.73. The normalized spacial score (nSPS) is 16.4. The van der Waals surface area contributed by atoms with Gasteiger partial charge in [-0.3, -0.25) is 9.59 Å². The SMILES string of the molecule is CC(C)C(NC(=O)OC(C)(C)C)C(=O)Nc1ccc2c(c1)C(C)(C)C(=O)N2. The van der Waals surface area contributed by atoms with Gasteiger partial charge in [-0.2, -0.15) is 0 Å². The lowest BCUT2D eigenvalue weighted by Crippen LogP contribution is -2.48. The first kappa shape index (κ1) is 20.7. The molecule has 27 heavy (non-hydrogen) atoms. The number of amides is 3. The van der Waals surface area contributed by atoms with Crippen molar-refractivity contribution in [2.24, 2.45) is 5.92 Å². The van der Waals surface area contributed by atoms with Gasteiger partial charge in [-0.05, 0) is 64.3 Å². The van der Waals surface area contributed by atoms with Crippen LogP contribution < -0.4 is 16.0 Å². The van der Waals surface area contributed by atoms with Crippen molar-refractivity contribution in [3.8, 4) is 0 Å². The number of benzene rings is 1. The predicted octanol–water partition coefficient (Wildman–Crippen LogP) is 3.40. The summed E-state index contributed by atoms with van der Waals surface area (Å²) in [4.78, 5) is 36.8. The molecule has 0 aliphatic carbocycles. The van der Waals surface area contributed by atoms with Crippen LogP contribution in [-0.4, -0.2) is 29.6 Å². The van der Waals surface area contributed by atoms with Crippen LogP contribution in [0.25, 0.3) is 0 Å². The number of fused-ring (bicyclic) bond motifs is 1. The number of carbonyl (C=O) groups is 3. The summed E-state index contributed by atoms with van der Waals surface area (Å²) in [6.07, 6.45) is -0.638. The maximum Gasteiger partial charge on any atom is 0.408 e. The van der Waals surface area contributed by atoms with Crippen molar-refractivity contribution in [3.05, 3.63) is 23.8 Å². The molecule has 1 heterocycles. The minimum atomic E-state index is -0.749. The van der Waals surface area contributed by atoms with Gasteiger partial charge >= 0.3 is 6.09 Å². The average molecular weight is 375 g/mol. The van der Waals surface area contributed by atoms with Gasteiger partial charge in [0.2, 0.25) is 11.8 Å². The van der Waals surface area contributed by atoms with Crippen LogP contribution in [0.4, 0.5) is 16.2 Å². The van der Waals surface area contributed by atoms with Crippen LogP contribution in [0.2, 0.25) is 0 Å². The van der Waals surface area contributed by atoms with E-state index in [0.29, 0.717) is 5.69 Å². The quantitative estimate of drug-likeness (QED) is 0.751. The highest BCUT2D eigenvalue weighted by atomic mass is 16.6. The van der Waals surface area contributed by atoms with Gasteiger partial charge in [-0.15, -0.1) is 0 Å². The van der Waals surface area contributed by atoms with Gasteiger partial charge in [0.05, 0.1) is 5.41 Å². The van der Waals surface area contributed by atoms with Crippen LogP contribution in [0.5, 0.6) is 0 Å². The summed E-state index contributed by atoms with van der Waals surface area (Å²) in [5.41, 5.74) is 0.830. The monoisotopic (exact) mass is 375 g/mol. The summed E-state index contributed by atoms with van der Waals surface area (Å²) in [6.45, 7) is 12.6. The smallest absolute Gasteiger partial charge is 0.408 e. The number of ether oxygens (including phenoxy) is 1. The fraction of sp³-hybridized carbons (Fsp3) is 0.550. The van der Waals surface area contributed by atoms with Gasteiger partial charge in [-0.1, -0.05) is 13.8 Å². The van der Waals surface area contributed by atoms with Gasteiger partial charge < -0.3 is 20.7 Å². The lowest BCUT2D eigenvalue weighted by molar-refractivity contribution is -0.120. The zero-order chi connectivity index (χ0) is 20.6. The molecule has 1 aliphatic heterocycles. The molecule has 1 aromatic rings. The van der Waals surface area contributed by atoms with Gasteiger partial charge in [0.15, 0.2) is 0 Å². The van der Waals surface area contributed by atoms with Crippen molar-refractivity contribution >= 4 is 29.3 Å². The zero-order valence-electron chi connectivity index (χ0n) is 17.0. The first-order chi connectivity index (χ1) is 12.3. The molecule has 0 aromatic heterocycles. The zero-order valence-corrected chi connectivity index (χ0v) is 17.0.